The van der Waals surface area contributed by atoms with E-state index in [9.17, 15) is 4.79 Å². The Morgan fingerprint density at radius 2 is 2.45 bits per heavy atom. The summed E-state index contributed by atoms with van der Waals surface area (Å²) in [7, 11) is 0. The van der Waals surface area contributed by atoms with Crippen LogP contribution >= 0.6 is 11.3 Å². The molecule has 1 fully saturated rings. The molecule has 0 radical (unpaired) electrons. The summed E-state index contributed by atoms with van der Waals surface area (Å²) in [5, 5.41) is 2.03. The minimum absolute atomic E-state index is 0.409. The number of rotatable bonds is 3. The molecule has 108 valence electrons. The third-order valence-electron chi connectivity index (χ3n) is 3.81. The first kappa shape index (κ1) is 13.5. The monoisotopic (exact) mass is 294 g/mol. The topological polar surface area (TPSA) is 72.9 Å². The fourth-order valence-electron chi connectivity index (χ4n) is 2.58. The zero-order chi connectivity index (χ0) is 14.3. The molecule has 3 heterocycles. The maximum atomic E-state index is 11.5. The Bertz CT molecular complexity index is 650. The van der Waals surface area contributed by atoms with Crippen molar-refractivity contribution in [1.82, 2.24) is 14.3 Å². The van der Waals surface area contributed by atoms with E-state index in [-0.39, 0.29) is 0 Å². The number of amides is 1. The Morgan fingerprint density at radius 3 is 3.20 bits per heavy atom. The van der Waals surface area contributed by atoms with Crippen molar-refractivity contribution in [2.75, 3.05) is 19.7 Å². The third-order valence-corrected chi connectivity index (χ3v) is 4.57. The zero-order valence-electron chi connectivity index (χ0n) is 11.6. The summed E-state index contributed by atoms with van der Waals surface area (Å²) in [5.41, 5.74) is 6.73. The summed E-state index contributed by atoms with van der Waals surface area (Å²) in [4.78, 5) is 19.3. The summed E-state index contributed by atoms with van der Waals surface area (Å²) < 4.78 is 7.65. The molecule has 0 bridgehead atoms. The molecule has 0 aliphatic carbocycles. The number of nitrogens with zero attached hydrogens (tertiary/aromatic N) is 3. The van der Waals surface area contributed by atoms with Crippen LogP contribution in [0.3, 0.4) is 0 Å². The average molecular weight is 294 g/mol. The van der Waals surface area contributed by atoms with E-state index in [1.807, 2.05) is 18.5 Å². The number of fused-ring (bicyclic) bond motifs is 1. The highest BCUT2D eigenvalue weighted by atomic mass is 32.1. The molecule has 6 nitrogen and oxygen atoms in total. The Labute approximate surface area is 121 Å². The van der Waals surface area contributed by atoms with Crippen LogP contribution in [0.15, 0.2) is 11.6 Å². The summed E-state index contributed by atoms with van der Waals surface area (Å²) >= 11 is 1.62. The van der Waals surface area contributed by atoms with Crippen molar-refractivity contribution >= 4 is 22.2 Å². The van der Waals surface area contributed by atoms with Crippen LogP contribution < -0.4 is 5.73 Å². The van der Waals surface area contributed by atoms with Gasteiger partial charge in [0.15, 0.2) is 10.6 Å². The van der Waals surface area contributed by atoms with E-state index in [0.717, 1.165) is 29.4 Å². The number of carbonyl (C=O) groups is 1. The van der Waals surface area contributed by atoms with Crippen LogP contribution in [0.25, 0.3) is 4.96 Å². The smallest absolute Gasteiger partial charge is 0.250 e. The lowest BCUT2D eigenvalue weighted by molar-refractivity contribution is -0.153. The fraction of sp³-hybridized carbons (Fsp3) is 0.538. The molecule has 20 heavy (non-hydrogen) atoms. The van der Waals surface area contributed by atoms with Crippen LogP contribution in [0.1, 0.15) is 18.3 Å². The Balaban J connectivity index is 1.82. The van der Waals surface area contributed by atoms with Gasteiger partial charge in [-0.1, -0.05) is 0 Å². The molecule has 2 aromatic rings. The lowest BCUT2D eigenvalue weighted by atomic mass is 10.0. The summed E-state index contributed by atoms with van der Waals surface area (Å²) in [6.07, 6.45) is 2.03. The van der Waals surface area contributed by atoms with Crippen LogP contribution in [-0.2, 0) is 16.1 Å². The fourth-order valence-corrected chi connectivity index (χ4v) is 3.36. The van der Waals surface area contributed by atoms with Crippen LogP contribution in [-0.4, -0.2) is 45.5 Å². The number of nitrogens with two attached hydrogens (primary N) is 1. The van der Waals surface area contributed by atoms with Gasteiger partial charge in [0.25, 0.3) is 5.91 Å². The van der Waals surface area contributed by atoms with Gasteiger partial charge in [0, 0.05) is 31.2 Å². The number of aromatic nitrogens is 2. The predicted molar refractivity (Wildman–Crippen MR) is 76.6 cm³/mol. The number of ether oxygens (including phenoxy) is 1. The average Bonchev–Trinajstić information content (AvgIpc) is 2.93. The largest absolute Gasteiger partial charge is 0.367 e. The molecule has 1 amide bonds. The normalized spacial score (nSPS) is 24.3. The van der Waals surface area contributed by atoms with Gasteiger partial charge in [-0.3, -0.25) is 14.1 Å². The lowest BCUT2D eigenvalue weighted by Gasteiger charge is -2.38. The molecule has 2 aromatic heterocycles. The Hall–Kier alpha value is -1.44. The van der Waals surface area contributed by atoms with Gasteiger partial charge in [-0.15, -0.1) is 11.3 Å². The van der Waals surface area contributed by atoms with Crippen LogP contribution in [0, 0.1) is 6.92 Å². The number of aryl methyl sites for hydroxylation is 1. The maximum absolute atomic E-state index is 11.5. The van der Waals surface area contributed by atoms with Crippen molar-refractivity contribution in [3.63, 3.8) is 0 Å². The van der Waals surface area contributed by atoms with Crippen LogP contribution in [0.4, 0.5) is 0 Å². The molecule has 1 atom stereocenters. The second kappa shape index (κ2) is 4.83. The van der Waals surface area contributed by atoms with Gasteiger partial charge in [0.05, 0.1) is 18.0 Å². The number of carbonyl (C=O) groups excluding carboxylic acids is 1. The minimum atomic E-state index is -0.898. The van der Waals surface area contributed by atoms with Gasteiger partial charge in [0.1, 0.15) is 0 Å². The first-order valence-corrected chi connectivity index (χ1v) is 7.45. The second-order valence-electron chi connectivity index (χ2n) is 5.35. The van der Waals surface area contributed by atoms with E-state index in [2.05, 4.69) is 14.3 Å². The molecule has 3 rings (SSSR count). The molecule has 1 aliphatic heterocycles. The minimum Gasteiger partial charge on any atom is -0.367 e. The van der Waals surface area contributed by atoms with E-state index in [1.54, 1.807) is 18.3 Å². The zero-order valence-corrected chi connectivity index (χ0v) is 12.4. The van der Waals surface area contributed by atoms with Gasteiger partial charge in [0.2, 0.25) is 0 Å². The van der Waals surface area contributed by atoms with Gasteiger partial charge >= 0.3 is 0 Å². The summed E-state index contributed by atoms with van der Waals surface area (Å²) in [6.45, 7) is 6.34. The quantitative estimate of drug-likeness (QED) is 0.908. The number of primary amides is 1. The number of hydrogen-bond donors (Lipinski definition) is 1. The van der Waals surface area contributed by atoms with Crippen molar-refractivity contribution in [3.8, 4) is 0 Å². The molecule has 0 saturated carbocycles. The second-order valence-corrected chi connectivity index (χ2v) is 6.23. The number of imidazole rings is 1. The molecule has 7 heteroatoms. The molecule has 1 saturated heterocycles. The number of morpholine rings is 1. The van der Waals surface area contributed by atoms with Crippen molar-refractivity contribution in [2.24, 2.45) is 5.73 Å². The molecule has 1 aliphatic rings. The molecular formula is C13H18N4O2S. The molecule has 0 aromatic carbocycles. The lowest BCUT2D eigenvalue weighted by Crippen LogP contribution is -2.56. The standard InChI is InChI=1S/C13H18N4O2S/c1-9-10(17-4-6-20-12(17)15-9)7-16-3-5-19-13(2,8-16)11(14)18/h4,6H,3,5,7-8H2,1-2H3,(H2,14,18). The van der Waals surface area contributed by atoms with Crippen molar-refractivity contribution in [1.29, 1.82) is 0 Å². The van der Waals surface area contributed by atoms with Crippen molar-refractivity contribution in [2.45, 2.75) is 26.0 Å². The molecule has 2 N–H and O–H groups in total. The first-order valence-electron chi connectivity index (χ1n) is 6.57. The SMILES string of the molecule is Cc1nc2sccn2c1CN1CCOC(C)(C(N)=O)C1. The van der Waals surface area contributed by atoms with E-state index < -0.39 is 11.5 Å². The van der Waals surface area contributed by atoms with Crippen molar-refractivity contribution in [3.05, 3.63) is 23.0 Å². The number of thiazole rings is 1. The molecular weight excluding hydrogens is 276 g/mol. The summed E-state index contributed by atoms with van der Waals surface area (Å²) in [5.74, 6) is -0.409. The van der Waals surface area contributed by atoms with Gasteiger partial charge < -0.3 is 10.5 Å². The van der Waals surface area contributed by atoms with E-state index in [1.165, 1.54) is 0 Å². The van der Waals surface area contributed by atoms with E-state index >= 15 is 0 Å². The highest BCUT2D eigenvalue weighted by Gasteiger charge is 2.37. The van der Waals surface area contributed by atoms with Gasteiger partial charge in [-0.2, -0.15) is 0 Å². The predicted octanol–water partition coefficient (Wildman–Crippen LogP) is 0.780. The van der Waals surface area contributed by atoms with Gasteiger partial charge in [-0.25, -0.2) is 4.98 Å². The first-order chi connectivity index (χ1) is 9.49. The Kier molecular flexibility index (Phi) is 3.27. The van der Waals surface area contributed by atoms with Crippen LogP contribution in [0.2, 0.25) is 0 Å². The van der Waals surface area contributed by atoms with E-state index in [4.69, 9.17) is 10.5 Å². The van der Waals surface area contributed by atoms with Crippen LogP contribution in [0.5, 0.6) is 0 Å². The van der Waals surface area contributed by atoms with Gasteiger partial charge in [-0.05, 0) is 13.8 Å². The molecule has 0 spiro atoms. The van der Waals surface area contributed by atoms with Crippen molar-refractivity contribution < 1.29 is 9.53 Å². The highest BCUT2D eigenvalue weighted by Crippen LogP contribution is 2.22. The van der Waals surface area contributed by atoms with E-state index in [0.29, 0.717) is 13.2 Å². The Morgan fingerprint density at radius 1 is 1.65 bits per heavy atom. The highest BCUT2D eigenvalue weighted by molar-refractivity contribution is 7.15. The third kappa shape index (κ3) is 2.21. The molecule has 1 unspecified atom stereocenters. The number of hydrogen-bond acceptors (Lipinski definition) is 5. The maximum Gasteiger partial charge on any atom is 0.250 e. The summed E-state index contributed by atoms with van der Waals surface area (Å²) in [6, 6.07) is 0.